The number of carbonyl (C=O) groups is 3. The topological polar surface area (TPSA) is 204 Å². The van der Waals surface area contributed by atoms with Crippen molar-refractivity contribution in [3.63, 3.8) is 0 Å². The Balaban J connectivity index is 0.642. The number of aliphatic hydroxyl groups is 2. The second kappa shape index (κ2) is 26.8. The van der Waals surface area contributed by atoms with Crippen LogP contribution in [0.1, 0.15) is 142 Å². The molecule has 16 nitrogen and oxygen atoms in total. The van der Waals surface area contributed by atoms with E-state index in [2.05, 4.69) is 97.8 Å². The number of rotatable bonds is 24. The van der Waals surface area contributed by atoms with Gasteiger partial charge in [-0.05, 0) is 119 Å². The summed E-state index contributed by atoms with van der Waals surface area (Å²) in [6.07, 6.45) is 15.9. The molecule has 3 aromatic rings. The van der Waals surface area contributed by atoms with Crippen molar-refractivity contribution >= 4 is 52.7 Å². The highest BCUT2D eigenvalue weighted by molar-refractivity contribution is 8.03. The van der Waals surface area contributed by atoms with E-state index in [4.69, 9.17) is 10.7 Å². The number of benzene rings is 2. The van der Waals surface area contributed by atoms with Gasteiger partial charge in [-0.25, -0.2) is 9.98 Å². The van der Waals surface area contributed by atoms with Crippen molar-refractivity contribution in [1.29, 1.82) is 0 Å². The van der Waals surface area contributed by atoms with Gasteiger partial charge in [0.25, 0.3) is 0 Å². The number of hydrogen-bond acceptors (Lipinski definition) is 15. The molecule has 432 valence electrons. The molecule has 3 saturated heterocycles. The van der Waals surface area contributed by atoms with Crippen LogP contribution in [0.2, 0.25) is 0 Å². The number of anilines is 1. The molecule has 2 aliphatic carbocycles. The maximum atomic E-state index is 14.2. The third kappa shape index (κ3) is 15.9. The average molecular weight is 1120 g/mol. The summed E-state index contributed by atoms with van der Waals surface area (Å²) in [5, 5.41) is 36.7. The number of unbranched alkanes of at least 4 members (excludes halogenated alkanes) is 5. The molecule has 9 atom stereocenters. The molecule has 6 aliphatic rings. The second-order valence-corrected chi connectivity index (χ2v) is 27.1. The summed E-state index contributed by atoms with van der Waals surface area (Å²) in [6.45, 7) is 19.5. The van der Waals surface area contributed by atoms with E-state index in [1.54, 1.807) is 23.1 Å². The molecule has 0 bridgehead atoms. The summed E-state index contributed by atoms with van der Waals surface area (Å²) in [5.74, 6) is 0.0624. The number of piperazine rings is 1. The highest BCUT2D eigenvalue weighted by Crippen LogP contribution is 2.44. The Kier molecular flexibility index (Phi) is 20.1. The minimum Gasteiger partial charge on any atom is -0.392 e. The van der Waals surface area contributed by atoms with Crippen LogP contribution in [-0.2, 0) is 14.4 Å². The van der Waals surface area contributed by atoms with Crippen molar-refractivity contribution in [2.24, 2.45) is 33.9 Å². The fraction of sp³-hybridized carbons (Fsp3) is 0.656. The molecule has 0 spiro atoms. The molecule has 5 fully saturated rings. The SMILES string of the molecule is Cc1ncsc1-c1ccc([C@H](C)NC(=O)[C@@H]2CC(O)CN2C(C2CCC2)[C@@H](NC(=O)CCCCCCCCN2CCN(C(O)C3CC3C(=O)Nc3cccc(SC4=CNC(N5CCC(C)(N)CC5)C=N4)c3)CC2)C(C)(C)C)cc1. The predicted octanol–water partition coefficient (Wildman–Crippen LogP) is 8.08. The van der Waals surface area contributed by atoms with Gasteiger partial charge in [0.15, 0.2) is 0 Å². The number of aliphatic hydroxyl groups excluding tert-OH is 2. The van der Waals surface area contributed by atoms with Gasteiger partial charge in [-0.3, -0.25) is 29.1 Å². The predicted molar refractivity (Wildman–Crippen MR) is 318 cm³/mol. The summed E-state index contributed by atoms with van der Waals surface area (Å²) in [7, 11) is 0. The number of hydrogen-bond donors (Lipinski definition) is 7. The number of nitrogens with one attached hydrogen (secondary N) is 4. The van der Waals surface area contributed by atoms with Crippen LogP contribution in [-0.4, -0.2) is 153 Å². The lowest BCUT2D eigenvalue weighted by Gasteiger charge is -2.49. The van der Waals surface area contributed by atoms with Gasteiger partial charge < -0.3 is 42.1 Å². The molecule has 2 saturated carbocycles. The maximum Gasteiger partial charge on any atom is 0.237 e. The lowest BCUT2D eigenvalue weighted by atomic mass is 9.70. The zero-order chi connectivity index (χ0) is 55.8. The molecule has 2 aromatic carbocycles. The number of aromatic nitrogens is 1. The molecule has 0 radical (unpaired) electrons. The number of piperidine rings is 1. The Morgan fingerprint density at radius 2 is 1.66 bits per heavy atom. The first-order valence-corrected chi connectivity index (χ1v) is 31.4. The average Bonchev–Trinajstić information content (AvgIpc) is 4.22. The molecule has 9 rings (SSSR count). The van der Waals surface area contributed by atoms with Crippen LogP contribution < -0.4 is 27.0 Å². The fourth-order valence-electron chi connectivity index (χ4n) is 12.5. The minimum atomic E-state index is -0.614. The van der Waals surface area contributed by atoms with Crippen LogP contribution in [0.5, 0.6) is 0 Å². The number of thiazole rings is 1. The van der Waals surface area contributed by atoms with E-state index >= 15 is 0 Å². The first-order valence-electron chi connectivity index (χ1n) is 29.7. The molecular formula is C61H91N11O5S2. The van der Waals surface area contributed by atoms with E-state index in [0.717, 1.165) is 154 Å². The van der Waals surface area contributed by atoms with Crippen molar-refractivity contribution in [3.05, 3.63) is 76.5 Å². The van der Waals surface area contributed by atoms with E-state index in [1.165, 1.54) is 0 Å². The number of likely N-dealkylation sites (tertiary alicyclic amines) is 2. The van der Waals surface area contributed by atoms with E-state index in [-0.39, 0.29) is 64.8 Å². The number of nitrogens with two attached hydrogens (primary N) is 1. The van der Waals surface area contributed by atoms with Crippen LogP contribution >= 0.6 is 23.1 Å². The number of nitrogens with zero attached hydrogens (tertiary/aromatic N) is 6. The number of β-amino-alcohol motifs (C(OH)–C–C–N with tert-alkyl or cyclic N) is 1. The zero-order valence-electron chi connectivity index (χ0n) is 47.9. The molecule has 1 aromatic heterocycles. The first-order chi connectivity index (χ1) is 37.9. The van der Waals surface area contributed by atoms with Crippen LogP contribution in [0.3, 0.4) is 0 Å². The molecular weight excluding hydrogens is 1030 g/mol. The maximum absolute atomic E-state index is 14.2. The molecule has 4 aliphatic heterocycles. The monoisotopic (exact) mass is 1120 g/mol. The molecule has 8 N–H and O–H groups in total. The van der Waals surface area contributed by atoms with E-state index < -0.39 is 18.4 Å². The second-order valence-electron chi connectivity index (χ2n) is 25.2. The molecule has 18 heteroatoms. The van der Waals surface area contributed by atoms with E-state index in [1.807, 2.05) is 56.0 Å². The number of carbonyl (C=O) groups excluding carboxylic acids is 3. The minimum absolute atomic E-state index is 0.0334. The highest BCUT2D eigenvalue weighted by Gasteiger charge is 2.51. The van der Waals surface area contributed by atoms with E-state index in [0.29, 0.717) is 31.7 Å². The molecule has 79 heavy (non-hydrogen) atoms. The Bertz CT molecular complexity index is 2560. The number of aliphatic imine (C=N–C) groups is 1. The quantitative estimate of drug-likeness (QED) is 0.0425. The number of thioether (sulfide) groups is 1. The lowest BCUT2D eigenvalue weighted by Crippen LogP contribution is -2.63. The van der Waals surface area contributed by atoms with Gasteiger partial charge in [-0.2, -0.15) is 0 Å². The Labute approximate surface area is 478 Å². The molecule has 3 amide bonds. The summed E-state index contributed by atoms with van der Waals surface area (Å²) in [6, 6.07) is 15.3. The van der Waals surface area contributed by atoms with E-state index in [9.17, 15) is 24.6 Å². The van der Waals surface area contributed by atoms with Gasteiger partial charge >= 0.3 is 0 Å². The Hall–Kier alpha value is -4.24. The van der Waals surface area contributed by atoms with Gasteiger partial charge in [0.05, 0.1) is 34.3 Å². The van der Waals surface area contributed by atoms with Gasteiger partial charge in [-0.1, -0.05) is 95.0 Å². The largest absolute Gasteiger partial charge is 0.392 e. The van der Waals surface area contributed by atoms with Crippen LogP contribution in [0.15, 0.2) is 75.2 Å². The summed E-state index contributed by atoms with van der Waals surface area (Å²) >= 11 is 3.18. The third-order valence-electron chi connectivity index (χ3n) is 17.9. The smallest absolute Gasteiger partial charge is 0.237 e. The van der Waals surface area contributed by atoms with Crippen molar-refractivity contribution in [1.82, 2.24) is 40.5 Å². The van der Waals surface area contributed by atoms with Crippen LogP contribution in [0.4, 0.5) is 5.69 Å². The van der Waals surface area contributed by atoms with Crippen molar-refractivity contribution in [2.45, 2.75) is 185 Å². The zero-order valence-corrected chi connectivity index (χ0v) is 49.5. The Morgan fingerprint density at radius 3 is 2.32 bits per heavy atom. The summed E-state index contributed by atoms with van der Waals surface area (Å²) in [4.78, 5) is 61.8. The fourth-order valence-corrected chi connectivity index (χ4v) is 14.2. The van der Waals surface area contributed by atoms with Crippen LogP contribution in [0, 0.1) is 30.1 Å². The normalized spacial score (nSPS) is 25.6. The Morgan fingerprint density at radius 1 is 0.937 bits per heavy atom. The molecule has 5 heterocycles. The molecule has 6 unspecified atom stereocenters. The van der Waals surface area contributed by atoms with Gasteiger partial charge in [0.1, 0.15) is 17.4 Å². The standard InChI is InChI=1S/C61H91N11O5S2/c1-40(42-20-22-44(23-21-42)55-41(2)65-39-78-55)66-58(76)50-34-46(73)38-72(50)54(43-15-13-16-43)56(60(3,4)5)68-52(74)19-11-9-7-8-10-12-26-69-29-31-71(32-30-69)59(77)49-35-48(49)57(75)67-45-17-14-18-47(33-45)79-53-37-63-51(36-64-53)70-27-24-61(6,62)25-28-70/h14,17-18,20-23,33,36-37,39-40,43,46,48-51,54,56,59,63,73,77H,7-13,15-16,19,24-32,34-35,38,62H2,1-6H3,(H,66,76)(H,67,75)(H,68,74)/t40-,46?,48?,49?,50-,51?,54?,56+,59?/m0/s1. The summed E-state index contributed by atoms with van der Waals surface area (Å²) in [5.41, 5.74) is 11.7. The van der Waals surface area contributed by atoms with Gasteiger partial charge in [-0.15, -0.1) is 11.3 Å². The van der Waals surface area contributed by atoms with Crippen molar-refractivity contribution < 1.29 is 24.6 Å². The van der Waals surface area contributed by atoms with Crippen molar-refractivity contribution in [3.8, 4) is 10.4 Å². The highest BCUT2D eigenvalue weighted by atomic mass is 32.2. The van der Waals surface area contributed by atoms with Crippen LogP contribution in [0.25, 0.3) is 10.4 Å². The lowest BCUT2D eigenvalue weighted by molar-refractivity contribution is -0.129. The van der Waals surface area contributed by atoms with Gasteiger partial charge in [0.2, 0.25) is 17.7 Å². The third-order valence-corrected chi connectivity index (χ3v) is 19.8. The first kappa shape index (κ1) is 59.4. The number of amides is 3. The summed E-state index contributed by atoms with van der Waals surface area (Å²) < 4.78 is 0. The van der Waals surface area contributed by atoms with Gasteiger partial charge in [0, 0.05) is 105 Å². The van der Waals surface area contributed by atoms with Crippen molar-refractivity contribution in [2.75, 3.05) is 57.7 Å². The number of aryl methyl sites for hydroxylation is 1.